The molecule has 0 amide bonds. The Hall–Kier alpha value is -1.20. The minimum atomic E-state index is 0.316. The van der Waals surface area contributed by atoms with Crippen LogP contribution in [0, 0.1) is 6.92 Å². The second kappa shape index (κ2) is 4.76. The zero-order chi connectivity index (χ0) is 11.5. The van der Waals surface area contributed by atoms with Crippen LogP contribution in [0.4, 0.5) is 0 Å². The summed E-state index contributed by atoms with van der Waals surface area (Å²) in [7, 11) is 1.97. The standard InChI is InChI=1S/C11H16N4S/c1-8(11-6-14-15(3)9(11)2)13-5-10-4-12-7-16-10/h4,6-8,13H,5H2,1-3H3. The summed E-state index contributed by atoms with van der Waals surface area (Å²) < 4.78 is 1.90. The summed E-state index contributed by atoms with van der Waals surface area (Å²) in [6.45, 7) is 5.11. The van der Waals surface area contributed by atoms with Crippen LogP contribution in [-0.2, 0) is 13.6 Å². The van der Waals surface area contributed by atoms with Crippen LogP contribution in [0.2, 0.25) is 0 Å². The third-order valence-electron chi connectivity index (χ3n) is 2.81. The highest BCUT2D eigenvalue weighted by Crippen LogP contribution is 2.17. The van der Waals surface area contributed by atoms with E-state index in [0.29, 0.717) is 6.04 Å². The number of aryl methyl sites for hydroxylation is 1. The first kappa shape index (κ1) is 11.3. The van der Waals surface area contributed by atoms with Crippen molar-refractivity contribution in [3.05, 3.63) is 34.0 Å². The van der Waals surface area contributed by atoms with Gasteiger partial charge in [-0.05, 0) is 13.8 Å². The highest BCUT2D eigenvalue weighted by molar-refractivity contribution is 7.09. The predicted octanol–water partition coefficient (Wildman–Crippen LogP) is 2.04. The maximum absolute atomic E-state index is 4.25. The Bertz CT molecular complexity index is 447. The summed E-state index contributed by atoms with van der Waals surface area (Å²) in [5.41, 5.74) is 4.33. The van der Waals surface area contributed by atoms with Crippen molar-refractivity contribution in [3.8, 4) is 0 Å². The van der Waals surface area contributed by atoms with E-state index in [1.807, 2.05) is 29.6 Å². The Labute approximate surface area is 99.3 Å². The Morgan fingerprint density at radius 1 is 1.50 bits per heavy atom. The fourth-order valence-electron chi connectivity index (χ4n) is 1.63. The molecule has 0 saturated carbocycles. The molecule has 2 heterocycles. The maximum atomic E-state index is 4.25. The van der Waals surface area contributed by atoms with Crippen molar-refractivity contribution in [1.82, 2.24) is 20.1 Å². The molecule has 2 aromatic rings. The molecular weight excluding hydrogens is 220 g/mol. The van der Waals surface area contributed by atoms with Crippen LogP contribution in [0.15, 0.2) is 17.9 Å². The van der Waals surface area contributed by atoms with Crippen LogP contribution in [-0.4, -0.2) is 14.8 Å². The second-order valence-corrected chi connectivity index (χ2v) is 4.85. The molecule has 4 nitrogen and oxygen atoms in total. The van der Waals surface area contributed by atoms with Gasteiger partial charge in [0.1, 0.15) is 0 Å². The highest BCUT2D eigenvalue weighted by Gasteiger charge is 2.11. The first-order valence-corrected chi connectivity index (χ1v) is 6.15. The molecule has 0 bridgehead atoms. The van der Waals surface area contributed by atoms with Crippen LogP contribution in [0.5, 0.6) is 0 Å². The van der Waals surface area contributed by atoms with Crippen LogP contribution in [0.1, 0.15) is 29.1 Å². The van der Waals surface area contributed by atoms with Crippen molar-refractivity contribution in [2.24, 2.45) is 7.05 Å². The molecule has 0 radical (unpaired) electrons. The van der Waals surface area contributed by atoms with E-state index in [1.54, 1.807) is 11.3 Å². The average Bonchev–Trinajstić information content (AvgIpc) is 2.88. The van der Waals surface area contributed by atoms with Crippen LogP contribution in [0.25, 0.3) is 0 Å². The third-order valence-corrected chi connectivity index (χ3v) is 3.59. The van der Waals surface area contributed by atoms with E-state index in [1.165, 1.54) is 16.1 Å². The Balaban J connectivity index is 1.98. The van der Waals surface area contributed by atoms with E-state index in [2.05, 4.69) is 29.2 Å². The molecule has 0 aliphatic heterocycles. The van der Waals surface area contributed by atoms with Gasteiger partial charge in [0.05, 0.1) is 11.7 Å². The predicted molar refractivity (Wildman–Crippen MR) is 65.3 cm³/mol. The van der Waals surface area contributed by atoms with Gasteiger partial charge in [0, 0.05) is 42.0 Å². The van der Waals surface area contributed by atoms with Gasteiger partial charge in [-0.25, -0.2) is 0 Å². The topological polar surface area (TPSA) is 42.7 Å². The molecule has 2 aromatic heterocycles. The quantitative estimate of drug-likeness (QED) is 0.883. The van der Waals surface area contributed by atoms with Gasteiger partial charge in [0.15, 0.2) is 0 Å². The number of nitrogens with one attached hydrogen (secondary N) is 1. The lowest BCUT2D eigenvalue weighted by atomic mass is 10.1. The van der Waals surface area contributed by atoms with Crippen LogP contribution < -0.4 is 5.32 Å². The van der Waals surface area contributed by atoms with Crippen molar-refractivity contribution in [3.63, 3.8) is 0 Å². The van der Waals surface area contributed by atoms with Crippen molar-refractivity contribution >= 4 is 11.3 Å². The Kier molecular flexibility index (Phi) is 3.36. The first-order valence-electron chi connectivity index (χ1n) is 5.27. The molecule has 0 spiro atoms. The van der Waals surface area contributed by atoms with E-state index in [-0.39, 0.29) is 0 Å². The Morgan fingerprint density at radius 2 is 2.31 bits per heavy atom. The number of rotatable bonds is 4. The van der Waals surface area contributed by atoms with E-state index in [4.69, 9.17) is 0 Å². The molecule has 0 aliphatic rings. The molecule has 0 aliphatic carbocycles. The first-order chi connectivity index (χ1) is 7.68. The van der Waals surface area contributed by atoms with Gasteiger partial charge in [-0.15, -0.1) is 11.3 Å². The molecule has 1 atom stereocenters. The number of thiazole rings is 1. The summed E-state index contributed by atoms with van der Waals surface area (Å²) in [4.78, 5) is 5.31. The van der Waals surface area contributed by atoms with E-state index in [0.717, 1.165) is 6.54 Å². The van der Waals surface area contributed by atoms with E-state index in [9.17, 15) is 0 Å². The fraction of sp³-hybridized carbons (Fsp3) is 0.455. The van der Waals surface area contributed by atoms with Crippen LogP contribution >= 0.6 is 11.3 Å². The van der Waals surface area contributed by atoms with Crippen molar-refractivity contribution in [2.75, 3.05) is 0 Å². The summed E-state index contributed by atoms with van der Waals surface area (Å²) in [6.07, 6.45) is 3.83. The monoisotopic (exact) mass is 236 g/mol. The number of nitrogens with zero attached hydrogens (tertiary/aromatic N) is 3. The third kappa shape index (κ3) is 2.31. The zero-order valence-corrected chi connectivity index (χ0v) is 10.6. The minimum Gasteiger partial charge on any atom is -0.305 e. The summed E-state index contributed by atoms with van der Waals surface area (Å²) in [5.74, 6) is 0. The highest BCUT2D eigenvalue weighted by atomic mass is 32.1. The average molecular weight is 236 g/mol. The summed E-state index contributed by atoms with van der Waals surface area (Å²) in [5, 5.41) is 7.72. The SMILES string of the molecule is Cc1c(C(C)NCc2cncs2)cnn1C. The van der Waals surface area contributed by atoms with Gasteiger partial charge < -0.3 is 5.32 Å². The Morgan fingerprint density at radius 3 is 2.88 bits per heavy atom. The fourth-order valence-corrected chi connectivity index (χ4v) is 2.18. The van der Waals surface area contributed by atoms with Gasteiger partial charge in [0.2, 0.25) is 0 Å². The van der Waals surface area contributed by atoms with Gasteiger partial charge in [-0.1, -0.05) is 0 Å². The molecule has 5 heteroatoms. The molecule has 16 heavy (non-hydrogen) atoms. The molecule has 0 fully saturated rings. The zero-order valence-electron chi connectivity index (χ0n) is 9.77. The van der Waals surface area contributed by atoms with E-state index >= 15 is 0 Å². The summed E-state index contributed by atoms with van der Waals surface area (Å²) >= 11 is 1.68. The normalized spacial score (nSPS) is 12.9. The van der Waals surface area contributed by atoms with Crippen molar-refractivity contribution < 1.29 is 0 Å². The minimum absolute atomic E-state index is 0.316. The van der Waals surface area contributed by atoms with E-state index < -0.39 is 0 Å². The molecule has 0 saturated heterocycles. The number of hydrogen-bond donors (Lipinski definition) is 1. The lowest BCUT2D eigenvalue weighted by Crippen LogP contribution is -2.18. The molecule has 1 N–H and O–H groups in total. The molecule has 1 unspecified atom stereocenters. The second-order valence-electron chi connectivity index (χ2n) is 3.88. The molecule has 0 aromatic carbocycles. The number of aromatic nitrogens is 3. The lowest BCUT2D eigenvalue weighted by Gasteiger charge is -2.12. The van der Waals surface area contributed by atoms with Crippen LogP contribution in [0.3, 0.4) is 0 Å². The van der Waals surface area contributed by atoms with Crippen molar-refractivity contribution in [1.29, 1.82) is 0 Å². The number of hydrogen-bond acceptors (Lipinski definition) is 4. The van der Waals surface area contributed by atoms with Gasteiger partial charge in [-0.3, -0.25) is 9.67 Å². The maximum Gasteiger partial charge on any atom is 0.0794 e. The molecular formula is C11H16N4S. The smallest absolute Gasteiger partial charge is 0.0794 e. The van der Waals surface area contributed by atoms with Gasteiger partial charge in [0.25, 0.3) is 0 Å². The summed E-state index contributed by atoms with van der Waals surface area (Å²) in [6, 6.07) is 0.316. The van der Waals surface area contributed by atoms with Gasteiger partial charge in [-0.2, -0.15) is 5.10 Å². The molecule has 86 valence electrons. The molecule has 2 rings (SSSR count). The largest absolute Gasteiger partial charge is 0.305 e. The van der Waals surface area contributed by atoms with Crippen molar-refractivity contribution in [2.45, 2.75) is 26.4 Å². The lowest BCUT2D eigenvalue weighted by molar-refractivity contribution is 0.574. The van der Waals surface area contributed by atoms with Gasteiger partial charge >= 0.3 is 0 Å².